The smallest absolute Gasteiger partial charge is 0.303 e. The van der Waals surface area contributed by atoms with Gasteiger partial charge in [-0.25, -0.2) is 0 Å². The number of hydrogen-bond acceptors (Lipinski definition) is 1. The molecule has 1 aliphatic carbocycles. The summed E-state index contributed by atoms with van der Waals surface area (Å²) in [6.07, 6.45) is 16.1. The molecule has 1 rings (SSSR count). The van der Waals surface area contributed by atoms with Crippen molar-refractivity contribution in [3.63, 3.8) is 0 Å². The molecule has 17 heavy (non-hydrogen) atoms. The van der Waals surface area contributed by atoms with Crippen LogP contribution in [0.2, 0.25) is 0 Å². The van der Waals surface area contributed by atoms with Gasteiger partial charge in [0.15, 0.2) is 0 Å². The molecule has 1 saturated carbocycles. The molecule has 0 saturated heterocycles. The van der Waals surface area contributed by atoms with Gasteiger partial charge >= 0.3 is 5.97 Å². The molecule has 1 fully saturated rings. The van der Waals surface area contributed by atoms with E-state index in [1.165, 1.54) is 70.6 Å². The van der Waals surface area contributed by atoms with E-state index in [1.54, 1.807) is 0 Å². The number of carboxylic acids is 1. The molecule has 0 aromatic heterocycles. The van der Waals surface area contributed by atoms with E-state index in [2.05, 4.69) is 0 Å². The Hall–Kier alpha value is -0.530. The molecule has 0 unspecified atom stereocenters. The Morgan fingerprint density at radius 3 is 1.65 bits per heavy atom. The minimum absolute atomic E-state index is 0.366. The molecular weight excluding hydrogens is 212 g/mol. The Balaban J connectivity index is 2.24. The summed E-state index contributed by atoms with van der Waals surface area (Å²) in [5.74, 6) is 0.0432. The van der Waals surface area contributed by atoms with Gasteiger partial charge in [0.05, 0.1) is 0 Å². The minimum Gasteiger partial charge on any atom is -0.481 e. The maximum absolute atomic E-state index is 10.6. The average Bonchev–Trinajstić information content (AvgIpc) is 2.28. The van der Waals surface area contributed by atoms with Crippen molar-refractivity contribution < 1.29 is 9.90 Å². The minimum atomic E-state index is -0.629. The van der Waals surface area contributed by atoms with Crippen LogP contribution in [-0.4, -0.2) is 11.1 Å². The Morgan fingerprint density at radius 2 is 1.24 bits per heavy atom. The first-order valence-corrected chi connectivity index (χ1v) is 7.51. The third-order valence-corrected chi connectivity index (χ3v) is 3.99. The molecule has 0 aliphatic heterocycles. The molecule has 0 spiro atoms. The van der Waals surface area contributed by atoms with Gasteiger partial charge in [-0.2, -0.15) is 0 Å². The van der Waals surface area contributed by atoms with Gasteiger partial charge in [-0.3, -0.25) is 4.79 Å². The maximum Gasteiger partial charge on any atom is 0.303 e. The Morgan fingerprint density at radius 1 is 0.824 bits per heavy atom. The highest BCUT2D eigenvalue weighted by Crippen LogP contribution is 2.24. The second-order valence-electron chi connectivity index (χ2n) is 5.56. The van der Waals surface area contributed by atoms with E-state index in [-0.39, 0.29) is 0 Å². The van der Waals surface area contributed by atoms with Gasteiger partial charge in [0, 0.05) is 6.42 Å². The zero-order valence-electron chi connectivity index (χ0n) is 11.1. The van der Waals surface area contributed by atoms with Crippen LogP contribution in [0.1, 0.15) is 83.5 Å². The summed E-state index contributed by atoms with van der Waals surface area (Å²) in [7, 11) is 0. The summed E-state index contributed by atoms with van der Waals surface area (Å²) in [6, 6.07) is 0. The highest BCUT2D eigenvalue weighted by molar-refractivity contribution is 5.66. The first kappa shape index (κ1) is 14.5. The van der Waals surface area contributed by atoms with Crippen LogP contribution in [0, 0.1) is 5.92 Å². The quantitative estimate of drug-likeness (QED) is 0.771. The average molecular weight is 240 g/mol. The zero-order valence-corrected chi connectivity index (χ0v) is 11.1. The maximum atomic E-state index is 10.6. The molecule has 1 N–H and O–H groups in total. The highest BCUT2D eigenvalue weighted by Gasteiger charge is 2.11. The molecule has 0 heterocycles. The molecular formula is C15H28O2. The van der Waals surface area contributed by atoms with Crippen molar-refractivity contribution in [3.05, 3.63) is 0 Å². The van der Waals surface area contributed by atoms with Crippen LogP contribution >= 0.6 is 0 Å². The summed E-state index contributed by atoms with van der Waals surface area (Å²) in [4.78, 5) is 10.6. The van der Waals surface area contributed by atoms with E-state index in [4.69, 9.17) is 5.11 Å². The van der Waals surface area contributed by atoms with Crippen LogP contribution in [0.5, 0.6) is 0 Å². The predicted molar refractivity (Wildman–Crippen MR) is 71.1 cm³/mol. The molecule has 0 aromatic rings. The fraction of sp³-hybridized carbons (Fsp3) is 0.933. The number of rotatable bonds is 3. The van der Waals surface area contributed by atoms with E-state index in [0.29, 0.717) is 12.3 Å². The summed E-state index contributed by atoms with van der Waals surface area (Å²) in [6.45, 7) is 0. The van der Waals surface area contributed by atoms with Crippen molar-refractivity contribution >= 4 is 5.97 Å². The van der Waals surface area contributed by atoms with Crippen molar-refractivity contribution in [2.75, 3.05) is 0 Å². The first-order chi connectivity index (χ1) is 8.29. The van der Waals surface area contributed by atoms with Crippen LogP contribution in [0.3, 0.4) is 0 Å². The largest absolute Gasteiger partial charge is 0.481 e. The van der Waals surface area contributed by atoms with E-state index >= 15 is 0 Å². The lowest BCUT2D eigenvalue weighted by Crippen LogP contribution is -2.05. The summed E-state index contributed by atoms with van der Waals surface area (Å²) in [5, 5.41) is 8.75. The van der Waals surface area contributed by atoms with Gasteiger partial charge < -0.3 is 5.11 Å². The lowest BCUT2D eigenvalue weighted by Gasteiger charge is -2.16. The van der Waals surface area contributed by atoms with Crippen LogP contribution in [0.15, 0.2) is 0 Å². The lowest BCUT2D eigenvalue weighted by molar-refractivity contribution is -0.137. The summed E-state index contributed by atoms with van der Waals surface area (Å²) in [5.41, 5.74) is 0. The fourth-order valence-corrected chi connectivity index (χ4v) is 2.86. The Bertz CT molecular complexity index is 189. The van der Waals surface area contributed by atoms with Gasteiger partial charge in [0.1, 0.15) is 0 Å². The van der Waals surface area contributed by atoms with Crippen LogP contribution in [-0.2, 0) is 4.79 Å². The number of carboxylic acid groups (broad SMARTS) is 1. The summed E-state index contributed by atoms with van der Waals surface area (Å²) >= 11 is 0. The Labute approximate surface area is 106 Å². The lowest BCUT2D eigenvalue weighted by atomic mass is 9.89. The topological polar surface area (TPSA) is 37.3 Å². The summed E-state index contributed by atoms with van der Waals surface area (Å²) < 4.78 is 0. The van der Waals surface area contributed by atoms with Crippen molar-refractivity contribution in [2.24, 2.45) is 5.92 Å². The number of carbonyl (C=O) groups is 1. The van der Waals surface area contributed by atoms with E-state index < -0.39 is 5.97 Å². The van der Waals surface area contributed by atoms with Gasteiger partial charge in [-0.15, -0.1) is 0 Å². The second kappa shape index (κ2) is 9.49. The van der Waals surface area contributed by atoms with Gasteiger partial charge in [0.2, 0.25) is 0 Å². The van der Waals surface area contributed by atoms with Crippen LogP contribution in [0.4, 0.5) is 0 Å². The van der Waals surface area contributed by atoms with E-state index in [1.807, 2.05) is 0 Å². The molecule has 2 nitrogen and oxygen atoms in total. The normalized spacial score (nSPS) is 21.4. The SMILES string of the molecule is O=C(O)CCC1CCCCCCCCCCC1. The number of aliphatic carboxylic acids is 1. The third kappa shape index (κ3) is 8.23. The standard InChI is InChI=1S/C15H28O2/c16-15(17)13-12-14-10-8-6-4-2-1-3-5-7-9-11-14/h14H,1-13H2,(H,16,17). The number of hydrogen-bond donors (Lipinski definition) is 1. The predicted octanol–water partition coefficient (Wildman–Crippen LogP) is 4.77. The fourth-order valence-electron chi connectivity index (χ4n) is 2.86. The molecule has 100 valence electrons. The molecule has 0 atom stereocenters. The van der Waals surface area contributed by atoms with Crippen LogP contribution in [0.25, 0.3) is 0 Å². The molecule has 0 bridgehead atoms. The molecule has 2 heteroatoms. The molecule has 0 aromatic carbocycles. The van der Waals surface area contributed by atoms with Crippen molar-refractivity contribution in [3.8, 4) is 0 Å². The van der Waals surface area contributed by atoms with Gasteiger partial charge in [-0.1, -0.05) is 70.6 Å². The monoisotopic (exact) mass is 240 g/mol. The third-order valence-electron chi connectivity index (χ3n) is 3.99. The van der Waals surface area contributed by atoms with Crippen molar-refractivity contribution in [1.82, 2.24) is 0 Å². The second-order valence-corrected chi connectivity index (χ2v) is 5.56. The van der Waals surface area contributed by atoms with Gasteiger partial charge in [0.25, 0.3) is 0 Å². The highest BCUT2D eigenvalue weighted by atomic mass is 16.4. The molecule has 0 amide bonds. The van der Waals surface area contributed by atoms with Crippen molar-refractivity contribution in [1.29, 1.82) is 0 Å². The van der Waals surface area contributed by atoms with E-state index in [9.17, 15) is 4.79 Å². The van der Waals surface area contributed by atoms with Crippen molar-refractivity contribution in [2.45, 2.75) is 83.5 Å². The molecule has 1 aliphatic rings. The van der Waals surface area contributed by atoms with E-state index in [0.717, 1.165) is 6.42 Å². The van der Waals surface area contributed by atoms with Gasteiger partial charge in [-0.05, 0) is 12.3 Å². The first-order valence-electron chi connectivity index (χ1n) is 7.51. The van der Waals surface area contributed by atoms with Crippen LogP contribution < -0.4 is 0 Å². The zero-order chi connectivity index (χ0) is 12.3. The Kier molecular flexibility index (Phi) is 8.12. The molecule has 0 radical (unpaired) electrons.